The van der Waals surface area contributed by atoms with Gasteiger partial charge in [-0.2, -0.15) is 9.97 Å². The van der Waals surface area contributed by atoms with Crippen LogP contribution in [0.1, 0.15) is 60.1 Å². The number of para-hydroxylation sites is 4. The standard InChI is InChI=1S/C18H22N6.C18H20N6/c2*1-13-14(20-16-8-4-3-7-15(16)19-13)9-10-17-21-18(22-23(17)2)24-11-5-6-12-24/h3-4,7-8H,5-6,9-12H2,1-2H3;3-4,7-10H,5-6,11-12H2,1-2H3. The molecule has 0 radical (unpaired) electrons. The van der Waals surface area contributed by atoms with E-state index in [1.165, 1.54) is 25.7 Å². The van der Waals surface area contributed by atoms with E-state index in [4.69, 9.17) is 9.97 Å². The predicted molar refractivity (Wildman–Crippen MR) is 190 cm³/mol. The van der Waals surface area contributed by atoms with Crippen LogP contribution in [0, 0.1) is 13.8 Å². The van der Waals surface area contributed by atoms with E-state index >= 15 is 0 Å². The first-order chi connectivity index (χ1) is 23.4. The molecule has 48 heavy (non-hydrogen) atoms. The van der Waals surface area contributed by atoms with E-state index in [2.05, 4.69) is 39.9 Å². The highest BCUT2D eigenvalue weighted by Gasteiger charge is 2.19. The van der Waals surface area contributed by atoms with Crippen LogP contribution in [0.4, 0.5) is 11.9 Å². The van der Waals surface area contributed by atoms with Crippen LogP contribution >= 0.6 is 0 Å². The molecule has 0 atom stereocenters. The highest BCUT2D eigenvalue weighted by Crippen LogP contribution is 2.20. The van der Waals surface area contributed by atoms with Gasteiger partial charge in [-0.25, -0.2) is 24.6 Å². The Hall–Kier alpha value is -5.26. The minimum absolute atomic E-state index is 0.816. The van der Waals surface area contributed by atoms with Crippen LogP contribution < -0.4 is 9.80 Å². The first-order valence-corrected chi connectivity index (χ1v) is 16.9. The van der Waals surface area contributed by atoms with Crippen molar-refractivity contribution in [1.29, 1.82) is 0 Å². The lowest BCUT2D eigenvalue weighted by Crippen LogP contribution is -2.19. The lowest BCUT2D eigenvalue weighted by Gasteiger charge is -2.10. The Kier molecular flexibility index (Phi) is 9.04. The lowest BCUT2D eigenvalue weighted by atomic mass is 10.1. The van der Waals surface area contributed by atoms with Crippen molar-refractivity contribution in [3.05, 3.63) is 83.0 Å². The second kappa shape index (κ2) is 13.8. The second-order valence-electron chi connectivity index (χ2n) is 12.5. The molecule has 0 spiro atoms. The zero-order chi connectivity index (χ0) is 33.0. The molecule has 246 valence electrons. The van der Waals surface area contributed by atoms with Crippen molar-refractivity contribution in [3.63, 3.8) is 0 Å². The smallest absolute Gasteiger partial charge is 0.245 e. The van der Waals surface area contributed by atoms with Gasteiger partial charge >= 0.3 is 0 Å². The van der Waals surface area contributed by atoms with Gasteiger partial charge in [-0.05, 0) is 82.4 Å². The fourth-order valence-electron chi connectivity index (χ4n) is 6.25. The van der Waals surface area contributed by atoms with Crippen molar-refractivity contribution >= 4 is 46.1 Å². The summed E-state index contributed by atoms with van der Waals surface area (Å²) in [6.07, 6.45) is 10.5. The number of benzene rings is 2. The van der Waals surface area contributed by atoms with Crippen LogP contribution in [-0.4, -0.2) is 75.6 Å². The Morgan fingerprint density at radius 2 is 1.08 bits per heavy atom. The summed E-state index contributed by atoms with van der Waals surface area (Å²) in [5.41, 5.74) is 7.53. The minimum atomic E-state index is 0.816. The molecular formula is C36H42N12. The van der Waals surface area contributed by atoms with Gasteiger partial charge in [0.2, 0.25) is 11.9 Å². The van der Waals surface area contributed by atoms with Gasteiger partial charge in [0, 0.05) is 46.7 Å². The van der Waals surface area contributed by atoms with Crippen molar-refractivity contribution in [3.8, 4) is 0 Å². The third kappa shape index (κ3) is 6.87. The molecule has 2 fully saturated rings. The van der Waals surface area contributed by atoms with E-state index in [-0.39, 0.29) is 0 Å². The van der Waals surface area contributed by atoms with E-state index < -0.39 is 0 Å². The van der Waals surface area contributed by atoms with Gasteiger partial charge in [0.25, 0.3) is 0 Å². The summed E-state index contributed by atoms with van der Waals surface area (Å²) in [4.78, 5) is 32.6. The zero-order valence-electron chi connectivity index (χ0n) is 28.2. The Morgan fingerprint density at radius 1 is 0.562 bits per heavy atom. The average Bonchev–Trinajstić information content (AvgIpc) is 3.92. The first kappa shape index (κ1) is 31.3. The van der Waals surface area contributed by atoms with Crippen LogP contribution in [0.15, 0.2) is 48.5 Å². The highest BCUT2D eigenvalue weighted by atomic mass is 15.4. The monoisotopic (exact) mass is 642 g/mol. The number of anilines is 2. The molecular weight excluding hydrogens is 600 g/mol. The normalized spacial score (nSPS) is 14.8. The molecule has 0 N–H and O–H groups in total. The van der Waals surface area contributed by atoms with Crippen molar-refractivity contribution in [2.45, 2.75) is 52.4 Å². The maximum Gasteiger partial charge on any atom is 0.245 e. The van der Waals surface area contributed by atoms with Crippen LogP contribution in [0.3, 0.4) is 0 Å². The first-order valence-electron chi connectivity index (χ1n) is 16.9. The van der Waals surface area contributed by atoms with E-state index in [9.17, 15) is 0 Å². The van der Waals surface area contributed by atoms with Gasteiger partial charge in [0.05, 0.1) is 44.8 Å². The molecule has 12 nitrogen and oxygen atoms in total. The molecule has 0 bridgehead atoms. The summed E-state index contributed by atoms with van der Waals surface area (Å²) in [5, 5.41) is 9.09. The largest absolute Gasteiger partial charge is 0.340 e. The van der Waals surface area contributed by atoms with E-state index in [1.54, 1.807) is 0 Å². The number of nitrogens with zero attached hydrogens (tertiary/aromatic N) is 12. The molecule has 6 aromatic rings. The van der Waals surface area contributed by atoms with Gasteiger partial charge in [-0.1, -0.05) is 24.3 Å². The maximum atomic E-state index is 4.77. The summed E-state index contributed by atoms with van der Waals surface area (Å²) in [5.74, 6) is 3.51. The number of rotatable bonds is 7. The zero-order valence-corrected chi connectivity index (χ0v) is 28.2. The number of aromatic nitrogens is 10. The van der Waals surface area contributed by atoms with Gasteiger partial charge in [0.15, 0.2) is 5.82 Å². The second-order valence-corrected chi connectivity index (χ2v) is 12.5. The Labute approximate surface area is 280 Å². The molecule has 0 amide bonds. The summed E-state index contributed by atoms with van der Waals surface area (Å²) in [6.45, 7) is 8.23. The molecule has 0 aliphatic carbocycles. The predicted octanol–water partition coefficient (Wildman–Crippen LogP) is 5.29. The Balaban J connectivity index is 0.000000152. The van der Waals surface area contributed by atoms with E-state index in [0.717, 1.165) is 107 Å². The number of hydrogen-bond donors (Lipinski definition) is 0. The average molecular weight is 643 g/mol. The van der Waals surface area contributed by atoms with Crippen LogP contribution in [-0.2, 0) is 26.9 Å². The molecule has 6 heterocycles. The number of hydrogen-bond acceptors (Lipinski definition) is 10. The van der Waals surface area contributed by atoms with Crippen molar-refractivity contribution < 1.29 is 0 Å². The van der Waals surface area contributed by atoms with Gasteiger partial charge in [-0.15, -0.1) is 10.2 Å². The molecule has 2 aliphatic rings. The third-order valence-corrected chi connectivity index (χ3v) is 9.01. The highest BCUT2D eigenvalue weighted by molar-refractivity contribution is 5.77. The Morgan fingerprint density at radius 3 is 1.71 bits per heavy atom. The number of fused-ring (bicyclic) bond motifs is 2. The van der Waals surface area contributed by atoms with Crippen molar-refractivity contribution in [2.24, 2.45) is 14.1 Å². The van der Waals surface area contributed by atoms with Gasteiger partial charge in [-0.3, -0.25) is 4.68 Å². The fraction of sp³-hybridized carbons (Fsp3) is 0.389. The van der Waals surface area contributed by atoms with Crippen molar-refractivity contribution in [2.75, 3.05) is 36.0 Å². The topological polar surface area (TPSA) is 119 Å². The summed E-state index contributed by atoms with van der Waals surface area (Å²) < 4.78 is 3.71. The third-order valence-electron chi connectivity index (χ3n) is 9.01. The molecule has 8 rings (SSSR count). The summed E-state index contributed by atoms with van der Waals surface area (Å²) >= 11 is 0. The van der Waals surface area contributed by atoms with E-state index in [0.29, 0.717) is 0 Å². The van der Waals surface area contributed by atoms with Crippen molar-refractivity contribution in [1.82, 2.24) is 49.5 Å². The quantitative estimate of drug-likeness (QED) is 0.227. The van der Waals surface area contributed by atoms with Crippen LogP contribution in [0.2, 0.25) is 0 Å². The maximum absolute atomic E-state index is 4.77. The molecule has 0 unspecified atom stereocenters. The molecule has 0 saturated carbocycles. The molecule has 2 saturated heterocycles. The molecule has 4 aromatic heterocycles. The Bertz CT molecular complexity index is 2060. The summed E-state index contributed by atoms with van der Waals surface area (Å²) in [6, 6.07) is 15.9. The fourth-order valence-corrected chi connectivity index (χ4v) is 6.25. The van der Waals surface area contributed by atoms with Gasteiger partial charge < -0.3 is 9.80 Å². The van der Waals surface area contributed by atoms with E-state index in [1.807, 2.05) is 98.0 Å². The van der Waals surface area contributed by atoms with Crippen LogP contribution in [0.5, 0.6) is 0 Å². The SMILES string of the molecule is Cc1nc2ccccc2nc1C=Cc1nc(N2CCCC2)nn1C.Cc1nc2ccccc2nc1CCc1nc(N2CCCC2)nn1C. The molecule has 2 aliphatic heterocycles. The minimum Gasteiger partial charge on any atom is -0.340 e. The molecule has 2 aromatic carbocycles. The number of aryl methyl sites for hydroxylation is 6. The van der Waals surface area contributed by atoms with Gasteiger partial charge in [0.1, 0.15) is 5.82 Å². The van der Waals surface area contributed by atoms with Crippen LogP contribution in [0.25, 0.3) is 34.2 Å². The lowest BCUT2D eigenvalue weighted by molar-refractivity contribution is 0.686. The molecule has 12 heteroatoms. The summed E-state index contributed by atoms with van der Waals surface area (Å²) in [7, 11) is 3.89.